The topological polar surface area (TPSA) is 20.2 Å². The highest BCUT2D eigenvalue weighted by molar-refractivity contribution is 5.82. The summed E-state index contributed by atoms with van der Waals surface area (Å²) >= 11 is 0. The van der Waals surface area contributed by atoms with Crippen molar-refractivity contribution >= 4 is 0 Å². The number of aryl methyl sites for hydroxylation is 1. The molecule has 0 amide bonds. The van der Waals surface area contributed by atoms with E-state index in [9.17, 15) is 5.11 Å². The van der Waals surface area contributed by atoms with E-state index >= 15 is 0 Å². The fraction of sp³-hybridized carbons (Fsp3) is 0.217. The zero-order valence-electron chi connectivity index (χ0n) is 14.8. The highest BCUT2D eigenvalue weighted by Gasteiger charge is 2.15. The van der Waals surface area contributed by atoms with E-state index in [4.69, 9.17) is 0 Å². The molecule has 3 rings (SSSR count). The van der Waals surface area contributed by atoms with E-state index in [1.54, 1.807) is 0 Å². The fourth-order valence-electron chi connectivity index (χ4n) is 2.89. The molecule has 3 aromatic carbocycles. The molecule has 0 fully saturated rings. The largest absolute Gasteiger partial charge is 0.507 e. The first kappa shape index (κ1) is 16.3. The lowest BCUT2D eigenvalue weighted by atomic mass is 9.86. The molecule has 0 aromatic heterocycles. The maximum atomic E-state index is 10.8. The van der Waals surface area contributed by atoms with Crippen molar-refractivity contribution in [1.29, 1.82) is 0 Å². The third-order valence-electron chi connectivity index (χ3n) is 4.46. The van der Waals surface area contributed by atoms with Crippen molar-refractivity contribution in [3.05, 3.63) is 77.9 Å². The molecule has 0 unspecified atom stereocenters. The van der Waals surface area contributed by atoms with E-state index in [1.165, 1.54) is 11.1 Å². The lowest BCUT2D eigenvalue weighted by Gasteiger charge is -2.19. The van der Waals surface area contributed by atoms with Gasteiger partial charge in [0.25, 0.3) is 0 Å². The summed E-state index contributed by atoms with van der Waals surface area (Å²) in [6, 6.07) is 22.7. The maximum absolute atomic E-state index is 10.8. The normalized spacial score (nSPS) is 11.5. The molecule has 1 nitrogen and oxygen atoms in total. The SMILES string of the molecule is Cc1ccc(-c2cccc(-c3ccc(C(C)(C)C)cc3)c2O)cc1. The lowest BCUT2D eigenvalue weighted by Crippen LogP contribution is -2.10. The van der Waals surface area contributed by atoms with Crippen LogP contribution in [0.15, 0.2) is 66.7 Å². The second kappa shape index (κ2) is 6.16. The average Bonchev–Trinajstić information content (AvgIpc) is 2.55. The third-order valence-corrected chi connectivity index (χ3v) is 4.46. The molecule has 0 radical (unpaired) electrons. The molecule has 0 atom stereocenters. The second-order valence-corrected chi connectivity index (χ2v) is 7.40. The van der Waals surface area contributed by atoms with E-state index in [2.05, 4.69) is 76.2 Å². The Hall–Kier alpha value is -2.54. The van der Waals surface area contributed by atoms with Gasteiger partial charge in [-0.2, -0.15) is 0 Å². The van der Waals surface area contributed by atoms with Gasteiger partial charge >= 0.3 is 0 Å². The highest BCUT2D eigenvalue weighted by atomic mass is 16.3. The minimum atomic E-state index is 0.129. The van der Waals surface area contributed by atoms with Gasteiger partial charge in [-0.3, -0.25) is 0 Å². The van der Waals surface area contributed by atoms with Crippen LogP contribution in [0.25, 0.3) is 22.3 Å². The number of para-hydroxylation sites is 1. The van der Waals surface area contributed by atoms with Gasteiger partial charge in [-0.05, 0) is 29.0 Å². The number of aromatic hydroxyl groups is 1. The van der Waals surface area contributed by atoms with Crippen molar-refractivity contribution in [2.45, 2.75) is 33.1 Å². The monoisotopic (exact) mass is 316 g/mol. The van der Waals surface area contributed by atoms with Crippen LogP contribution in [0, 0.1) is 6.92 Å². The molecule has 1 heteroatoms. The van der Waals surface area contributed by atoms with Gasteiger partial charge in [-0.1, -0.05) is 93.1 Å². The molecule has 0 aliphatic rings. The van der Waals surface area contributed by atoms with E-state index in [0.717, 1.165) is 22.3 Å². The Morgan fingerprint density at radius 1 is 0.667 bits per heavy atom. The number of phenols is 1. The highest BCUT2D eigenvalue weighted by Crippen LogP contribution is 2.38. The van der Waals surface area contributed by atoms with Crippen LogP contribution in [-0.4, -0.2) is 5.11 Å². The molecule has 0 bridgehead atoms. The van der Waals surface area contributed by atoms with E-state index in [1.807, 2.05) is 18.2 Å². The van der Waals surface area contributed by atoms with Crippen LogP contribution in [0.5, 0.6) is 5.75 Å². The molecular formula is C23H24O. The van der Waals surface area contributed by atoms with Crippen molar-refractivity contribution in [2.24, 2.45) is 0 Å². The van der Waals surface area contributed by atoms with E-state index < -0.39 is 0 Å². The fourth-order valence-corrected chi connectivity index (χ4v) is 2.89. The second-order valence-electron chi connectivity index (χ2n) is 7.40. The quantitative estimate of drug-likeness (QED) is 0.585. The Kier molecular flexibility index (Phi) is 4.19. The van der Waals surface area contributed by atoms with Crippen LogP contribution in [0.2, 0.25) is 0 Å². The maximum Gasteiger partial charge on any atom is 0.131 e. The molecule has 0 spiro atoms. The summed E-state index contributed by atoms with van der Waals surface area (Å²) in [6.07, 6.45) is 0. The molecule has 0 aliphatic heterocycles. The summed E-state index contributed by atoms with van der Waals surface area (Å²) in [5, 5.41) is 10.8. The van der Waals surface area contributed by atoms with Gasteiger partial charge in [0.1, 0.15) is 5.75 Å². The molecule has 3 aromatic rings. The van der Waals surface area contributed by atoms with Gasteiger partial charge in [-0.15, -0.1) is 0 Å². The summed E-state index contributed by atoms with van der Waals surface area (Å²) in [6.45, 7) is 8.68. The predicted octanol–water partition coefficient (Wildman–Crippen LogP) is 6.33. The Morgan fingerprint density at radius 2 is 1.12 bits per heavy atom. The van der Waals surface area contributed by atoms with E-state index in [-0.39, 0.29) is 5.41 Å². The number of rotatable bonds is 2. The smallest absolute Gasteiger partial charge is 0.131 e. The van der Waals surface area contributed by atoms with Gasteiger partial charge in [0.15, 0.2) is 0 Å². The zero-order chi connectivity index (χ0) is 17.3. The number of benzene rings is 3. The van der Waals surface area contributed by atoms with Crippen LogP contribution in [0.4, 0.5) is 0 Å². The van der Waals surface area contributed by atoms with Gasteiger partial charge in [-0.25, -0.2) is 0 Å². The summed E-state index contributed by atoms with van der Waals surface area (Å²) in [5.41, 5.74) is 6.44. The van der Waals surface area contributed by atoms with Crippen LogP contribution in [0.3, 0.4) is 0 Å². The molecule has 1 N–H and O–H groups in total. The van der Waals surface area contributed by atoms with Crippen LogP contribution < -0.4 is 0 Å². The number of phenolic OH excluding ortho intramolecular Hbond substituents is 1. The first-order valence-corrected chi connectivity index (χ1v) is 8.36. The average molecular weight is 316 g/mol. The molecule has 0 saturated carbocycles. The molecule has 0 aliphatic carbocycles. The van der Waals surface area contributed by atoms with Crippen LogP contribution in [0.1, 0.15) is 31.9 Å². The van der Waals surface area contributed by atoms with Crippen molar-refractivity contribution in [2.75, 3.05) is 0 Å². The van der Waals surface area contributed by atoms with Gasteiger partial charge < -0.3 is 5.11 Å². The third kappa shape index (κ3) is 3.21. The molecular weight excluding hydrogens is 292 g/mol. The standard InChI is InChI=1S/C23H24O/c1-16-8-10-17(11-9-16)20-6-5-7-21(22(20)24)18-12-14-19(15-13-18)23(2,3)4/h5-15,24H,1-4H3. The molecule has 0 saturated heterocycles. The number of hydrogen-bond donors (Lipinski definition) is 1. The van der Waals surface area contributed by atoms with Crippen molar-refractivity contribution < 1.29 is 5.11 Å². The van der Waals surface area contributed by atoms with Gasteiger partial charge in [0.2, 0.25) is 0 Å². The predicted molar refractivity (Wildman–Crippen MR) is 102 cm³/mol. The van der Waals surface area contributed by atoms with Crippen LogP contribution >= 0.6 is 0 Å². The molecule has 24 heavy (non-hydrogen) atoms. The van der Waals surface area contributed by atoms with Crippen molar-refractivity contribution in [3.8, 4) is 28.0 Å². The summed E-state index contributed by atoms with van der Waals surface area (Å²) in [4.78, 5) is 0. The Labute approximate surface area is 144 Å². The van der Waals surface area contributed by atoms with Gasteiger partial charge in [0.05, 0.1) is 0 Å². The molecule has 122 valence electrons. The lowest BCUT2D eigenvalue weighted by molar-refractivity contribution is 0.479. The Balaban J connectivity index is 2.03. The number of hydrogen-bond acceptors (Lipinski definition) is 1. The summed E-state index contributed by atoms with van der Waals surface area (Å²) in [5.74, 6) is 0.338. The van der Waals surface area contributed by atoms with Crippen LogP contribution in [-0.2, 0) is 5.41 Å². The first-order chi connectivity index (χ1) is 11.4. The zero-order valence-corrected chi connectivity index (χ0v) is 14.8. The Bertz CT molecular complexity index is 835. The minimum absolute atomic E-state index is 0.129. The van der Waals surface area contributed by atoms with E-state index in [0.29, 0.717) is 5.75 Å². The van der Waals surface area contributed by atoms with Crippen molar-refractivity contribution in [3.63, 3.8) is 0 Å². The Morgan fingerprint density at radius 3 is 1.58 bits per heavy atom. The first-order valence-electron chi connectivity index (χ1n) is 8.36. The summed E-state index contributed by atoms with van der Waals surface area (Å²) < 4.78 is 0. The van der Waals surface area contributed by atoms with Gasteiger partial charge in [0, 0.05) is 11.1 Å². The molecule has 0 heterocycles. The van der Waals surface area contributed by atoms with Crippen molar-refractivity contribution in [1.82, 2.24) is 0 Å². The summed E-state index contributed by atoms with van der Waals surface area (Å²) in [7, 11) is 0. The minimum Gasteiger partial charge on any atom is -0.507 e.